The Hall–Kier alpha value is -3.52. The summed E-state index contributed by atoms with van der Waals surface area (Å²) in [5, 5.41) is 4.94. The third-order valence-electron chi connectivity index (χ3n) is 5.28. The number of aromatic nitrogens is 2. The van der Waals surface area contributed by atoms with Crippen molar-refractivity contribution >= 4 is 28.1 Å². The first-order chi connectivity index (χ1) is 15.0. The largest absolute Gasteiger partial charge is 0.349 e. The summed E-state index contributed by atoms with van der Waals surface area (Å²) in [6, 6.07) is 14.5. The molecule has 1 N–H and O–H groups in total. The second-order valence-corrected chi connectivity index (χ2v) is 8.46. The summed E-state index contributed by atoms with van der Waals surface area (Å²) < 4.78 is 16.2. The van der Waals surface area contributed by atoms with Gasteiger partial charge in [-0.25, -0.2) is 13.8 Å². The Morgan fingerprint density at radius 1 is 1.10 bits per heavy atom. The van der Waals surface area contributed by atoms with E-state index in [4.69, 9.17) is 0 Å². The number of para-hydroxylation sites is 1. The molecule has 5 rings (SSSR count). The van der Waals surface area contributed by atoms with Crippen LogP contribution in [0.15, 0.2) is 69.6 Å². The van der Waals surface area contributed by atoms with Crippen LogP contribution in [-0.2, 0) is 6.54 Å². The van der Waals surface area contributed by atoms with Gasteiger partial charge in [0.15, 0.2) is 0 Å². The predicted octanol–water partition coefficient (Wildman–Crippen LogP) is 3.29. The Kier molecular flexibility index (Phi) is 4.78. The van der Waals surface area contributed by atoms with E-state index in [2.05, 4.69) is 5.32 Å². The quantitative estimate of drug-likeness (QED) is 0.523. The van der Waals surface area contributed by atoms with E-state index in [1.54, 1.807) is 47.8 Å². The highest BCUT2D eigenvalue weighted by atomic mass is 32.1. The van der Waals surface area contributed by atoms with E-state index in [1.165, 1.54) is 28.0 Å². The first kappa shape index (κ1) is 19.4. The van der Waals surface area contributed by atoms with Gasteiger partial charge in [0.1, 0.15) is 10.7 Å². The molecule has 0 aliphatic heterocycles. The van der Waals surface area contributed by atoms with Gasteiger partial charge in [-0.05, 0) is 54.1 Å². The van der Waals surface area contributed by atoms with Crippen LogP contribution in [0.4, 0.5) is 4.39 Å². The highest BCUT2D eigenvalue weighted by Crippen LogP contribution is 2.24. The first-order valence-corrected chi connectivity index (χ1v) is 10.8. The van der Waals surface area contributed by atoms with Crippen molar-refractivity contribution in [2.24, 2.45) is 0 Å². The van der Waals surface area contributed by atoms with Crippen LogP contribution in [0.5, 0.6) is 0 Å². The van der Waals surface area contributed by atoms with E-state index >= 15 is 0 Å². The number of nitrogens with zero attached hydrogens (tertiary/aromatic N) is 2. The van der Waals surface area contributed by atoms with Crippen molar-refractivity contribution in [3.8, 4) is 5.69 Å². The van der Waals surface area contributed by atoms with Gasteiger partial charge in [-0.15, -0.1) is 11.3 Å². The Balaban J connectivity index is 1.71. The van der Waals surface area contributed by atoms with Gasteiger partial charge in [0, 0.05) is 6.04 Å². The minimum absolute atomic E-state index is 0.0884. The van der Waals surface area contributed by atoms with Crippen LogP contribution < -0.4 is 16.6 Å². The van der Waals surface area contributed by atoms with Crippen LogP contribution in [0.2, 0.25) is 0 Å². The maximum Gasteiger partial charge on any atom is 0.336 e. The number of fused-ring (bicyclic) bond motifs is 1. The fourth-order valence-corrected chi connectivity index (χ4v) is 4.41. The number of nitrogens with one attached hydrogen (secondary N) is 1. The summed E-state index contributed by atoms with van der Waals surface area (Å²) in [7, 11) is 0. The third-order valence-corrected chi connectivity index (χ3v) is 6.19. The number of hydrogen-bond acceptors (Lipinski definition) is 4. The van der Waals surface area contributed by atoms with Crippen molar-refractivity contribution in [2.75, 3.05) is 0 Å². The molecule has 6 nitrogen and oxygen atoms in total. The fourth-order valence-electron chi connectivity index (χ4n) is 3.63. The maximum atomic E-state index is 13.7. The Morgan fingerprint density at radius 2 is 1.90 bits per heavy atom. The van der Waals surface area contributed by atoms with E-state index in [0.29, 0.717) is 21.3 Å². The van der Waals surface area contributed by atoms with Gasteiger partial charge in [-0.2, -0.15) is 0 Å². The van der Waals surface area contributed by atoms with Gasteiger partial charge >= 0.3 is 5.69 Å². The summed E-state index contributed by atoms with van der Waals surface area (Å²) in [5.41, 5.74) is 0.241. The van der Waals surface area contributed by atoms with Crippen LogP contribution in [0.3, 0.4) is 0 Å². The van der Waals surface area contributed by atoms with Crippen molar-refractivity contribution in [2.45, 2.75) is 25.4 Å². The maximum absolute atomic E-state index is 13.7. The lowest BCUT2D eigenvalue weighted by Gasteiger charge is -2.14. The van der Waals surface area contributed by atoms with E-state index in [1.807, 2.05) is 0 Å². The summed E-state index contributed by atoms with van der Waals surface area (Å²) >= 11 is 1.19. The zero-order valence-electron chi connectivity index (χ0n) is 16.4. The number of rotatable bonds is 5. The van der Waals surface area contributed by atoms with Gasteiger partial charge in [0.25, 0.3) is 11.5 Å². The SMILES string of the molecule is O=C(NC1CC1)c1sccc1-n1c(=O)c2ccccc2n(Cc2cccc(F)c2)c1=O. The third kappa shape index (κ3) is 3.59. The van der Waals surface area contributed by atoms with Crippen molar-refractivity contribution in [1.82, 2.24) is 14.5 Å². The zero-order chi connectivity index (χ0) is 21.5. The molecule has 0 atom stereocenters. The minimum Gasteiger partial charge on any atom is -0.349 e. The lowest BCUT2D eigenvalue weighted by Crippen LogP contribution is -2.40. The standard InChI is InChI=1S/C23H18FN3O3S/c24-15-5-3-4-14(12-15)13-26-18-7-2-1-6-17(18)22(29)27(23(26)30)19-10-11-31-20(19)21(28)25-16-8-9-16/h1-7,10-12,16H,8-9,13H2,(H,25,28). The lowest BCUT2D eigenvalue weighted by atomic mass is 10.2. The Morgan fingerprint density at radius 3 is 2.68 bits per heavy atom. The molecule has 2 aromatic heterocycles. The number of carbonyl (C=O) groups is 1. The number of carbonyl (C=O) groups excluding carboxylic acids is 1. The van der Waals surface area contributed by atoms with Crippen LogP contribution in [-0.4, -0.2) is 21.1 Å². The highest BCUT2D eigenvalue weighted by molar-refractivity contribution is 7.12. The van der Waals surface area contributed by atoms with Crippen LogP contribution in [0.1, 0.15) is 28.1 Å². The van der Waals surface area contributed by atoms with E-state index in [-0.39, 0.29) is 24.2 Å². The Bertz CT molecular complexity index is 1430. The van der Waals surface area contributed by atoms with E-state index < -0.39 is 17.1 Å². The molecule has 156 valence electrons. The van der Waals surface area contributed by atoms with Gasteiger partial charge in [0.2, 0.25) is 0 Å². The summed E-state index contributed by atoms with van der Waals surface area (Å²) in [6.07, 6.45) is 1.87. The van der Waals surface area contributed by atoms with Gasteiger partial charge in [-0.3, -0.25) is 14.2 Å². The van der Waals surface area contributed by atoms with Gasteiger partial charge in [0.05, 0.1) is 23.1 Å². The topological polar surface area (TPSA) is 73.1 Å². The number of amides is 1. The van der Waals surface area contributed by atoms with Crippen LogP contribution in [0.25, 0.3) is 16.6 Å². The van der Waals surface area contributed by atoms with Crippen molar-refractivity contribution in [1.29, 1.82) is 0 Å². The molecular weight excluding hydrogens is 417 g/mol. The van der Waals surface area contributed by atoms with E-state index in [0.717, 1.165) is 17.4 Å². The second kappa shape index (κ2) is 7.63. The average molecular weight is 435 g/mol. The molecule has 2 aromatic carbocycles. The molecule has 4 aromatic rings. The first-order valence-electron chi connectivity index (χ1n) is 9.90. The number of halogens is 1. The molecule has 31 heavy (non-hydrogen) atoms. The van der Waals surface area contributed by atoms with Crippen LogP contribution >= 0.6 is 11.3 Å². The normalized spacial score (nSPS) is 13.5. The zero-order valence-corrected chi connectivity index (χ0v) is 17.2. The molecule has 0 spiro atoms. The molecule has 2 heterocycles. The lowest BCUT2D eigenvalue weighted by molar-refractivity contribution is 0.0955. The molecular formula is C23H18FN3O3S. The molecule has 0 unspecified atom stereocenters. The van der Waals surface area contributed by atoms with Gasteiger partial charge in [-0.1, -0.05) is 24.3 Å². The molecule has 1 aliphatic rings. The molecule has 8 heteroatoms. The Labute approximate surface area is 180 Å². The summed E-state index contributed by atoms with van der Waals surface area (Å²) in [6.45, 7) is 0.0884. The number of benzene rings is 2. The molecule has 0 saturated heterocycles. The summed E-state index contributed by atoms with van der Waals surface area (Å²) in [4.78, 5) is 39.8. The molecule has 1 amide bonds. The highest BCUT2D eigenvalue weighted by Gasteiger charge is 2.27. The molecule has 1 aliphatic carbocycles. The monoisotopic (exact) mass is 435 g/mol. The van der Waals surface area contributed by atoms with E-state index in [9.17, 15) is 18.8 Å². The second-order valence-electron chi connectivity index (χ2n) is 7.54. The smallest absolute Gasteiger partial charge is 0.336 e. The minimum atomic E-state index is -0.577. The van der Waals surface area contributed by atoms with Crippen molar-refractivity contribution in [3.63, 3.8) is 0 Å². The average Bonchev–Trinajstić information content (AvgIpc) is 3.44. The molecule has 0 bridgehead atoms. The number of hydrogen-bond donors (Lipinski definition) is 1. The van der Waals surface area contributed by atoms with Crippen molar-refractivity contribution < 1.29 is 9.18 Å². The molecule has 1 fully saturated rings. The molecule has 1 saturated carbocycles. The predicted molar refractivity (Wildman–Crippen MR) is 118 cm³/mol. The van der Waals surface area contributed by atoms with Crippen LogP contribution in [0, 0.1) is 5.82 Å². The van der Waals surface area contributed by atoms with Gasteiger partial charge < -0.3 is 5.32 Å². The fraction of sp³-hybridized carbons (Fsp3) is 0.174. The number of thiophene rings is 1. The summed E-state index contributed by atoms with van der Waals surface area (Å²) in [5.74, 6) is -0.691. The molecule has 0 radical (unpaired) electrons. The van der Waals surface area contributed by atoms with Crippen molar-refractivity contribution in [3.05, 3.63) is 97.1 Å².